The summed E-state index contributed by atoms with van der Waals surface area (Å²) in [7, 11) is 0. The molecule has 0 aliphatic heterocycles. The summed E-state index contributed by atoms with van der Waals surface area (Å²) in [6.07, 6.45) is 3.13. The van der Waals surface area contributed by atoms with Gasteiger partial charge in [0.25, 0.3) is 0 Å². The Kier molecular flexibility index (Phi) is 3.85. The Labute approximate surface area is 133 Å². The number of nitrogens with zero attached hydrogens (tertiary/aromatic N) is 3. The number of fused-ring (bicyclic) bond motifs is 1. The summed E-state index contributed by atoms with van der Waals surface area (Å²) >= 11 is 0. The molecule has 0 bridgehead atoms. The van der Waals surface area contributed by atoms with E-state index in [9.17, 15) is 9.59 Å². The van der Waals surface area contributed by atoms with Gasteiger partial charge in [0, 0.05) is 6.54 Å². The molecule has 120 valence electrons. The number of nitrogens with one attached hydrogen (secondary N) is 1. The molecule has 2 N–H and O–H groups in total. The van der Waals surface area contributed by atoms with Gasteiger partial charge in [0.2, 0.25) is 5.91 Å². The first-order chi connectivity index (χ1) is 11.0. The van der Waals surface area contributed by atoms with Crippen LogP contribution in [0.4, 0.5) is 0 Å². The van der Waals surface area contributed by atoms with Crippen LogP contribution in [0.3, 0.4) is 0 Å². The number of carboxylic acids is 1. The van der Waals surface area contributed by atoms with Crippen molar-refractivity contribution in [3.8, 4) is 0 Å². The highest BCUT2D eigenvalue weighted by Crippen LogP contribution is 2.35. The number of carbonyl (C=O) groups is 2. The Bertz CT molecular complexity index is 728. The molecule has 3 rings (SSSR count). The van der Waals surface area contributed by atoms with Gasteiger partial charge < -0.3 is 10.4 Å². The van der Waals surface area contributed by atoms with E-state index in [4.69, 9.17) is 5.11 Å². The monoisotopic (exact) mass is 314 g/mol. The molecule has 0 saturated heterocycles. The lowest BCUT2D eigenvalue weighted by Crippen LogP contribution is -2.38. The lowest BCUT2D eigenvalue weighted by molar-refractivity contribution is -0.122. The smallest absolute Gasteiger partial charge is 0.358 e. The standard InChI is InChI=1S/C16H18N4O3/c1-16(6-11-4-2-3-5-12(11)7-16)10-17-14(21)9-20-8-13(15(22)23)18-19-20/h2-5,8H,6-7,9-10H2,1H3,(H,17,21)(H,22,23). The van der Waals surface area contributed by atoms with Crippen molar-refractivity contribution in [1.82, 2.24) is 20.3 Å². The van der Waals surface area contributed by atoms with E-state index in [1.54, 1.807) is 0 Å². The first kappa shape index (κ1) is 15.2. The molecular formula is C16H18N4O3. The van der Waals surface area contributed by atoms with Crippen LogP contribution in [0.15, 0.2) is 30.5 Å². The van der Waals surface area contributed by atoms with E-state index in [1.807, 2.05) is 12.1 Å². The predicted octanol–water partition coefficient (Wildman–Crippen LogP) is 0.898. The summed E-state index contributed by atoms with van der Waals surface area (Å²) < 4.78 is 1.23. The molecule has 1 aromatic heterocycles. The number of aromatic nitrogens is 3. The Morgan fingerprint density at radius 3 is 2.52 bits per heavy atom. The van der Waals surface area contributed by atoms with Crippen molar-refractivity contribution in [2.75, 3.05) is 6.54 Å². The summed E-state index contributed by atoms with van der Waals surface area (Å²) in [6.45, 7) is 2.69. The molecule has 7 heteroatoms. The number of rotatable bonds is 5. The Balaban J connectivity index is 1.54. The predicted molar refractivity (Wildman–Crippen MR) is 81.9 cm³/mol. The Hall–Kier alpha value is -2.70. The van der Waals surface area contributed by atoms with E-state index in [1.165, 1.54) is 22.0 Å². The molecule has 0 saturated carbocycles. The van der Waals surface area contributed by atoms with Gasteiger partial charge in [-0.15, -0.1) is 5.10 Å². The van der Waals surface area contributed by atoms with E-state index in [0.29, 0.717) is 6.54 Å². The fourth-order valence-corrected chi connectivity index (χ4v) is 3.00. The second-order valence-electron chi connectivity index (χ2n) is 6.32. The van der Waals surface area contributed by atoms with E-state index in [-0.39, 0.29) is 23.6 Å². The second kappa shape index (κ2) is 5.83. The molecule has 23 heavy (non-hydrogen) atoms. The third-order valence-corrected chi connectivity index (χ3v) is 4.13. The average Bonchev–Trinajstić information content (AvgIpc) is 3.09. The quantitative estimate of drug-likeness (QED) is 0.854. The first-order valence-electron chi connectivity index (χ1n) is 7.42. The highest BCUT2D eigenvalue weighted by Gasteiger charge is 2.32. The van der Waals surface area contributed by atoms with Crippen LogP contribution in [0.5, 0.6) is 0 Å². The van der Waals surface area contributed by atoms with Crippen molar-refractivity contribution >= 4 is 11.9 Å². The van der Waals surface area contributed by atoms with Crippen molar-refractivity contribution in [3.63, 3.8) is 0 Å². The van der Waals surface area contributed by atoms with Gasteiger partial charge in [-0.2, -0.15) is 0 Å². The van der Waals surface area contributed by atoms with Gasteiger partial charge in [-0.3, -0.25) is 4.79 Å². The van der Waals surface area contributed by atoms with Gasteiger partial charge >= 0.3 is 5.97 Å². The maximum Gasteiger partial charge on any atom is 0.358 e. The molecule has 2 aromatic rings. The summed E-state index contributed by atoms with van der Waals surface area (Å²) in [5, 5.41) is 18.8. The lowest BCUT2D eigenvalue weighted by atomic mass is 9.87. The molecule has 0 atom stereocenters. The highest BCUT2D eigenvalue weighted by atomic mass is 16.4. The largest absolute Gasteiger partial charge is 0.476 e. The van der Waals surface area contributed by atoms with Crippen LogP contribution in [-0.2, 0) is 24.2 Å². The summed E-state index contributed by atoms with van der Waals surface area (Å²) in [4.78, 5) is 22.7. The summed E-state index contributed by atoms with van der Waals surface area (Å²) in [5.74, 6) is -1.36. The van der Waals surface area contributed by atoms with Crippen molar-refractivity contribution < 1.29 is 14.7 Å². The molecule has 1 aliphatic carbocycles. The second-order valence-corrected chi connectivity index (χ2v) is 6.32. The zero-order valence-electron chi connectivity index (χ0n) is 12.8. The van der Waals surface area contributed by atoms with Crippen LogP contribution in [0, 0.1) is 5.41 Å². The fourth-order valence-electron chi connectivity index (χ4n) is 3.00. The molecule has 0 spiro atoms. The molecule has 1 heterocycles. The van der Waals surface area contributed by atoms with Crippen molar-refractivity contribution in [2.24, 2.45) is 5.41 Å². The van der Waals surface area contributed by atoms with Crippen molar-refractivity contribution in [2.45, 2.75) is 26.3 Å². The Morgan fingerprint density at radius 1 is 1.30 bits per heavy atom. The zero-order chi connectivity index (χ0) is 16.4. The molecule has 7 nitrogen and oxygen atoms in total. The number of hydrogen-bond donors (Lipinski definition) is 2. The average molecular weight is 314 g/mol. The topological polar surface area (TPSA) is 97.1 Å². The molecule has 1 aliphatic rings. The van der Waals surface area contributed by atoms with Gasteiger partial charge in [-0.05, 0) is 29.4 Å². The number of carboxylic acid groups (broad SMARTS) is 1. The van der Waals surface area contributed by atoms with E-state index >= 15 is 0 Å². The number of carbonyl (C=O) groups excluding carboxylic acids is 1. The normalized spacial score (nSPS) is 15.2. The van der Waals surface area contributed by atoms with E-state index in [2.05, 4.69) is 34.7 Å². The minimum absolute atomic E-state index is 0.00787. The van der Waals surface area contributed by atoms with Gasteiger partial charge in [0.05, 0.1) is 6.20 Å². The Morgan fingerprint density at radius 2 is 1.96 bits per heavy atom. The van der Waals surface area contributed by atoms with Crippen molar-refractivity contribution in [1.29, 1.82) is 0 Å². The number of benzene rings is 1. The highest BCUT2D eigenvalue weighted by molar-refractivity contribution is 5.84. The van der Waals surface area contributed by atoms with Gasteiger partial charge in [-0.1, -0.05) is 36.4 Å². The SMILES string of the molecule is CC1(CNC(=O)Cn2cc(C(=O)O)nn2)Cc2ccccc2C1. The van der Waals surface area contributed by atoms with Crippen LogP contribution in [0.2, 0.25) is 0 Å². The van der Waals surface area contributed by atoms with Gasteiger partial charge in [0.1, 0.15) is 6.54 Å². The maximum absolute atomic E-state index is 12.0. The summed E-state index contributed by atoms with van der Waals surface area (Å²) in [5.41, 5.74) is 2.52. The zero-order valence-corrected chi connectivity index (χ0v) is 12.8. The van der Waals surface area contributed by atoms with Crippen molar-refractivity contribution in [3.05, 3.63) is 47.3 Å². The molecule has 0 radical (unpaired) electrons. The fraction of sp³-hybridized carbons (Fsp3) is 0.375. The molecule has 1 amide bonds. The van der Waals surface area contributed by atoms with Crippen LogP contribution < -0.4 is 5.32 Å². The molecule has 0 fully saturated rings. The number of hydrogen-bond acceptors (Lipinski definition) is 4. The number of aromatic carboxylic acids is 1. The van der Waals surface area contributed by atoms with Gasteiger partial charge in [0.15, 0.2) is 5.69 Å². The third kappa shape index (κ3) is 3.39. The van der Waals surface area contributed by atoms with Crippen LogP contribution in [0.25, 0.3) is 0 Å². The van der Waals surface area contributed by atoms with E-state index < -0.39 is 5.97 Å². The number of amides is 1. The minimum atomic E-state index is -1.16. The molecule has 0 unspecified atom stereocenters. The van der Waals surface area contributed by atoms with Crippen LogP contribution in [0.1, 0.15) is 28.5 Å². The first-order valence-corrected chi connectivity index (χ1v) is 7.42. The maximum atomic E-state index is 12.0. The minimum Gasteiger partial charge on any atom is -0.476 e. The van der Waals surface area contributed by atoms with Crippen LogP contribution >= 0.6 is 0 Å². The van der Waals surface area contributed by atoms with E-state index in [0.717, 1.165) is 12.8 Å². The summed E-state index contributed by atoms with van der Waals surface area (Å²) in [6, 6.07) is 8.33. The molecular weight excluding hydrogens is 296 g/mol. The van der Waals surface area contributed by atoms with Gasteiger partial charge in [-0.25, -0.2) is 9.48 Å². The molecule has 1 aromatic carbocycles. The lowest BCUT2D eigenvalue weighted by Gasteiger charge is -2.23. The third-order valence-electron chi connectivity index (χ3n) is 4.13. The van der Waals surface area contributed by atoms with Crippen LogP contribution in [-0.4, -0.2) is 38.5 Å².